The van der Waals surface area contributed by atoms with E-state index in [1.54, 1.807) is 0 Å². The van der Waals surface area contributed by atoms with Crippen LogP contribution in [0.15, 0.2) is 30.3 Å². The van der Waals surface area contributed by atoms with E-state index in [4.69, 9.17) is 9.47 Å². The van der Waals surface area contributed by atoms with E-state index in [1.807, 2.05) is 30.3 Å². The molecule has 0 aliphatic heterocycles. The Labute approximate surface area is 199 Å². The van der Waals surface area contributed by atoms with Crippen LogP contribution in [-0.4, -0.2) is 36.4 Å². The van der Waals surface area contributed by atoms with Crippen LogP contribution in [0.1, 0.15) is 89.5 Å². The van der Waals surface area contributed by atoms with Crippen LogP contribution in [0.3, 0.4) is 0 Å². The molecule has 0 heterocycles. The number of rotatable bonds is 14. The van der Waals surface area contributed by atoms with Gasteiger partial charge < -0.3 is 19.9 Å². The van der Waals surface area contributed by atoms with Crippen LogP contribution in [-0.2, 0) is 20.9 Å². The molecule has 1 aromatic rings. The van der Waals surface area contributed by atoms with Crippen LogP contribution in [0.5, 0.6) is 0 Å². The minimum absolute atomic E-state index is 0.0622. The van der Waals surface area contributed by atoms with Gasteiger partial charge in [-0.3, -0.25) is 0 Å². The third-order valence-electron chi connectivity index (χ3n) is 6.97. The van der Waals surface area contributed by atoms with Gasteiger partial charge >= 0.3 is 12.1 Å². The number of amides is 1. The summed E-state index contributed by atoms with van der Waals surface area (Å²) in [6, 6.07) is 9.49. The predicted octanol–water partition coefficient (Wildman–Crippen LogP) is 5.76. The summed E-state index contributed by atoms with van der Waals surface area (Å²) in [6.45, 7) is 2.33. The summed E-state index contributed by atoms with van der Waals surface area (Å²) < 4.78 is 10.7. The number of esters is 1. The molecule has 2 rings (SSSR count). The topological polar surface area (TPSA) is 84.9 Å². The smallest absolute Gasteiger partial charge is 0.408 e. The van der Waals surface area contributed by atoms with E-state index in [0.29, 0.717) is 25.2 Å². The molecule has 186 valence electrons. The molecule has 0 bridgehead atoms. The summed E-state index contributed by atoms with van der Waals surface area (Å²) in [5.74, 6) is 0.265. The maximum Gasteiger partial charge on any atom is 0.408 e. The number of nitrogens with one attached hydrogen (secondary N) is 1. The second kappa shape index (κ2) is 14.9. The fourth-order valence-corrected chi connectivity index (χ4v) is 5.04. The standard InChI is InChI=1S/C27H43NO5/c1-3-4-11-23(17-19-29)20-27(25(30)32-2,18-16-22-12-7-5-8-13-22)28-26(31)33-21-24-14-9-6-10-15-24/h6,9-10,14-15,22-23,29H,3-5,7-8,11-13,16-21H2,1-2H3,(H,28,31)/t23-,27+/m0/s1. The lowest BCUT2D eigenvalue weighted by molar-refractivity contribution is -0.150. The van der Waals surface area contributed by atoms with Crippen LogP contribution in [0.4, 0.5) is 4.79 Å². The number of alkyl carbamates (subject to hydrolysis) is 1. The Morgan fingerprint density at radius 2 is 1.88 bits per heavy atom. The van der Waals surface area contributed by atoms with Gasteiger partial charge in [0.15, 0.2) is 0 Å². The van der Waals surface area contributed by atoms with Gasteiger partial charge in [-0.05, 0) is 43.1 Å². The molecule has 1 aliphatic carbocycles. The molecule has 33 heavy (non-hydrogen) atoms. The van der Waals surface area contributed by atoms with Gasteiger partial charge in [-0.15, -0.1) is 0 Å². The summed E-state index contributed by atoms with van der Waals surface area (Å²) in [7, 11) is 1.38. The number of hydrogen-bond acceptors (Lipinski definition) is 5. The first-order valence-electron chi connectivity index (χ1n) is 12.7. The van der Waals surface area contributed by atoms with E-state index in [-0.39, 0.29) is 19.1 Å². The predicted molar refractivity (Wildman–Crippen MR) is 130 cm³/mol. The highest BCUT2D eigenvalue weighted by Gasteiger charge is 2.43. The quantitative estimate of drug-likeness (QED) is 0.344. The van der Waals surface area contributed by atoms with Gasteiger partial charge in [0, 0.05) is 6.61 Å². The Bertz CT molecular complexity index is 689. The molecule has 0 radical (unpaired) electrons. The van der Waals surface area contributed by atoms with Crippen LogP contribution in [0, 0.1) is 11.8 Å². The lowest BCUT2D eigenvalue weighted by Gasteiger charge is -2.36. The van der Waals surface area contributed by atoms with Crippen molar-refractivity contribution in [2.24, 2.45) is 11.8 Å². The second-order valence-electron chi connectivity index (χ2n) is 9.53. The van der Waals surface area contributed by atoms with Gasteiger partial charge in [-0.25, -0.2) is 9.59 Å². The Morgan fingerprint density at radius 3 is 2.52 bits per heavy atom. The van der Waals surface area contributed by atoms with Crippen LogP contribution < -0.4 is 5.32 Å². The molecule has 1 aliphatic rings. The first kappa shape index (κ1) is 27.2. The molecular formula is C27H43NO5. The third-order valence-corrected chi connectivity index (χ3v) is 6.97. The molecule has 2 N–H and O–H groups in total. The lowest BCUT2D eigenvalue weighted by Crippen LogP contribution is -2.56. The molecule has 0 spiro atoms. The van der Waals surface area contributed by atoms with Crippen molar-refractivity contribution in [3.8, 4) is 0 Å². The molecule has 2 atom stereocenters. The van der Waals surface area contributed by atoms with Crippen LogP contribution in [0.25, 0.3) is 0 Å². The fourth-order valence-electron chi connectivity index (χ4n) is 5.04. The Kier molecular flexibility index (Phi) is 12.3. The number of carbonyl (C=O) groups excluding carboxylic acids is 2. The van der Waals surface area contributed by atoms with Gasteiger partial charge in [0.2, 0.25) is 0 Å². The maximum atomic E-state index is 13.2. The third kappa shape index (κ3) is 9.36. The zero-order valence-electron chi connectivity index (χ0n) is 20.5. The first-order chi connectivity index (χ1) is 16.0. The maximum absolute atomic E-state index is 13.2. The molecule has 6 nitrogen and oxygen atoms in total. The number of hydrogen-bond donors (Lipinski definition) is 2. The molecule has 0 saturated heterocycles. The number of ether oxygens (including phenoxy) is 2. The molecule has 1 aromatic carbocycles. The van der Waals surface area contributed by atoms with E-state index in [0.717, 1.165) is 31.2 Å². The minimum Gasteiger partial charge on any atom is -0.467 e. The summed E-state index contributed by atoms with van der Waals surface area (Å²) in [6.07, 6.45) is 10.9. The monoisotopic (exact) mass is 461 g/mol. The molecule has 1 fully saturated rings. The van der Waals surface area contributed by atoms with E-state index in [9.17, 15) is 14.7 Å². The average Bonchev–Trinajstić information content (AvgIpc) is 2.85. The summed E-state index contributed by atoms with van der Waals surface area (Å²) in [5.41, 5.74) is -0.257. The van der Waals surface area contributed by atoms with Crippen molar-refractivity contribution in [3.05, 3.63) is 35.9 Å². The molecule has 6 heteroatoms. The second-order valence-corrected chi connectivity index (χ2v) is 9.53. The van der Waals surface area contributed by atoms with Gasteiger partial charge in [0.1, 0.15) is 12.1 Å². The molecule has 0 unspecified atom stereocenters. The highest BCUT2D eigenvalue weighted by Crippen LogP contribution is 2.34. The van der Waals surface area contributed by atoms with E-state index in [1.165, 1.54) is 39.2 Å². The van der Waals surface area contributed by atoms with Crippen molar-refractivity contribution in [1.29, 1.82) is 0 Å². The number of carbonyl (C=O) groups is 2. The van der Waals surface area contributed by atoms with Gasteiger partial charge in [0.25, 0.3) is 0 Å². The zero-order chi connectivity index (χ0) is 23.9. The van der Waals surface area contributed by atoms with Gasteiger partial charge in [-0.1, -0.05) is 88.6 Å². The van der Waals surface area contributed by atoms with E-state index in [2.05, 4.69) is 12.2 Å². The number of methoxy groups -OCH3 is 1. The van der Waals surface area contributed by atoms with E-state index < -0.39 is 17.6 Å². The molecule has 1 saturated carbocycles. The number of unbranched alkanes of at least 4 members (excludes halogenated alkanes) is 1. The largest absolute Gasteiger partial charge is 0.467 e. The molecular weight excluding hydrogens is 418 g/mol. The SMILES string of the molecule is CCCC[C@@H](CCO)C[C@@](CCC1CCCCC1)(NC(=O)OCc1ccccc1)C(=O)OC. The van der Waals surface area contributed by atoms with Crippen LogP contribution in [0.2, 0.25) is 0 Å². The molecule has 0 aromatic heterocycles. The number of benzene rings is 1. The molecule has 1 amide bonds. The fraction of sp³-hybridized carbons (Fsp3) is 0.704. The highest BCUT2D eigenvalue weighted by molar-refractivity contribution is 5.85. The normalized spacial score (nSPS) is 17.1. The Morgan fingerprint density at radius 1 is 1.15 bits per heavy atom. The Hall–Kier alpha value is -2.08. The summed E-state index contributed by atoms with van der Waals surface area (Å²) in [4.78, 5) is 26.0. The average molecular weight is 462 g/mol. The van der Waals surface area contributed by atoms with Crippen molar-refractivity contribution < 1.29 is 24.2 Å². The van der Waals surface area contributed by atoms with Gasteiger partial charge in [0.05, 0.1) is 7.11 Å². The highest BCUT2D eigenvalue weighted by atomic mass is 16.6. The first-order valence-corrected chi connectivity index (χ1v) is 12.7. The summed E-state index contributed by atoms with van der Waals surface area (Å²) in [5, 5.41) is 12.6. The van der Waals surface area contributed by atoms with Crippen molar-refractivity contribution in [3.63, 3.8) is 0 Å². The summed E-state index contributed by atoms with van der Waals surface area (Å²) >= 11 is 0. The number of aliphatic hydroxyl groups excluding tert-OH is 1. The van der Waals surface area contributed by atoms with Crippen molar-refractivity contribution in [2.45, 2.75) is 96.1 Å². The lowest BCUT2D eigenvalue weighted by atomic mass is 9.77. The number of aliphatic hydroxyl groups is 1. The van der Waals surface area contributed by atoms with Crippen molar-refractivity contribution >= 4 is 12.1 Å². The van der Waals surface area contributed by atoms with E-state index >= 15 is 0 Å². The van der Waals surface area contributed by atoms with Crippen LogP contribution >= 0.6 is 0 Å². The van der Waals surface area contributed by atoms with Gasteiger partial charge in [-0.2, -0.15) is 0 Å². The van der Waals surface area contributed by atoms with Crippen molar-refractivity contribution in [1.82, 2.24) is 5.32 Å². The minimum atomic E-state index is -1.15. The Balaban J connectivity index is 2.18. The van der Waals surface area contributed by atoms with Crippen molar-refractivity contribution in [2.75, 3.05) is 13.7 Å². The zero-order valence-corrected chi connectivity index (χ0v) is 20.5.